The average Bonchev–Trinajstić information content (AvgIpc) is 2.68. The number of fused-ring (bicyclic) bond motifs is 1. The minimum atomic E-state index is -1.64. The smallest absolute Gasteiger partial charge is 0.353 e. The highest BCUT2D eigenvalue weighted by molar-refractivity contribution is 7.92. The summed E-state index contributed by atoms with van der Waals surface area (Å²) in [5, 5.41) is 19.5. The van der Waals surface area contributed by atoms with Crippen LogP contribution in [0.15, 0.2) is 53.8 Å². The second kappa shape index (κ2) is 8.16. The van der Waals surface area contributed by atoms with Crippen molar-refractivity contribution < 1.29 is 28.8 Å². The number of amides is 2. The van der Waals surface area contributed by atoms with Gasteiger partial charge in [-0.3, -0.25) is 14.5 Å². The van der Waals surface area contributed by atoms with Crippen LogP contribution in [-0.2, 0) is 25.6 Å². The number of ether oxygens (including phenoxy) is 1. The van der Waals surface area contributed by atoms with Crippen molar-refractivity contribution >= 4 is 29.0 Å². The molecule has 28 heavy (non-hydrogen) atoms. The number of hydrogen-bond acceptors (Lipinski definition) is 6. The molecule has 2 N–H and O–H groups in total. The largest absolute Gasteiger partial charge is 0.614 e. The lowest BCUT2D eigenvalue weighted by Gasteiger charge is -2.48. The summed E-state index contributed by atoms with van der Waals surface area (Å²) in [6.07, 6.45) is 2.28. The molecule has 9 nitrogen and oxygen atoms in total. The summed E-state index contributed by atoms with van der Waals surface area (Å²) < 4.78 is 17.8. The zero-order valence-corrected chi connectivity index (χ0v) is 15.2. The molecule has 10 heteroatoms. The van der Waals surface area contributed by atoms with Crippen molar-refractivity contribution in [2.24, 2.45) is 0 Å². The van der Waals surface area contributed by atoms with Gasteiger partial charge in [0.25, 0.3) is 11.8 Å². The Bertz CT molecular complexity index is 908. The van der Waals surface area contributed by atoms with E-state index in [1.807, 2.05) is 0 Å². The highest BCUT2D eigenvalue weighted by Gasteiger charge is 2.60. The molecule has 3 atom stereocenters. The van der Waals surface area contributed by atoms with E-state index in [1.165, 1.54) is 6.08 Å². The van der Waals surface area contributed by atoms with Crippen LogP contribution in [0, 0.1) is 11.3 Å². The number of aliphatic carboxylic acids is 1. The van der Waals surface area contributed by atoms with Gasteiger partial charge in [-0.05, 0) is 29.4 Å². The second-order valence-corrected chi connectivity index (χ2v) is 7.45. The number of nitrogens with zero attached hydrogens (tertiary/aromatic N) is 2. The molecule has 0 aromatic heterocycles. The number of carbonyl (C=O) groups excluding carboxylic acids is 2. The molecular formula is C18H15N3O6S. The number of hydrogen-bond donors (Lipinski definition) is 2. The summed E-state index contributed by atoms with van der Waals surface area (Å²) in [7, 11) is 0. The first-order valence-corrected chi connectivity index (χ1v) is 9.52. The predicted octanol–water partition coefficient (Wildman–Crippen LogP) is -0.101. The Kier molecular flexibility index (Phi) is 5.67. The van der Waals surface area contributed by atoms with E-state index in [9.17, 15) is 24.0 Å². The predicted molar refractivity (Wildman–Crippen MR) is 96.9 cm³/mol. The maximum Gasteiger partial charge on any atom is 0.353 e. The molecule has 2 aliphatic heterocycles. The Morgan fingerprint density at radius 1 is 1.43 bits per heavy atom. The molecule has 1 aromatic rings. The SMILES string of the molecule is N#CC=CC1=C(C(=O)O)N2C(=O)C(NC(=O)COc3ccccc3)[C@@H]2[S+]([O-])C1. The average molecular weight is 401 g/mol. The van der Waals surface area contributed by atoms with Crippen LogP contribution in [0.1, 0.15) is 0 Å². The highest BCUT2D eigenvalue weighted by Crippen LogP contribution is 2.37. The number of carboxylic acids is 1. The third-order valence-corrected chi connectivity index (χ3v) is 5.76. The molecule has 3 rings (SSSR count). The van der Waals surface area contributed by atoms with E-state index in [1.54, 1.807) is 36.4 Å². The van der Waals surface area contributed by atoms with Gasteiger partial charge < -0.3 is 19.7 Å². The van der Waals surface area contributed by atoms with Gasteiger partial charge in [-0.1, -0.05) is 18.2 Å². The third-order valence-electron chi connectivity index (χ3n) is 4.15. The second-order valence-electron chi connectivity index (χ2n) is 5.91. The van der Waals surface area contributed by atoms with Gasteiger partial charge in [0.2, 0.25) is 5.37 Å². The number of nitrogens with one attached hydrogen (secondary N) is 1. The van der Waals surface area contributed by atoms with Crippen molar-refractivity contribution in [2.45, 2.75) is 11.4 Å². The number of allylic oxidation sites excluding steroid dienone is 2. The van der Waals surface area contributed by atoms with E-state index in [-0.39, 0.29) is 23.6 Å². The van der Waals surface area contributed by atoms with Gasteiger partial charge in [0, 0.05) is 11.6 Å². The molecule has 1 fully saturated rings. The quantitative estimate of drug-likeness (QED) is 0.385. The van der Waals surface area contributed by atoms with Crippen LogP contribution in [0.3, 0.4) is 0 Å². The number of rotatable bonds is 6. The third kappa shape index (κ3) is 3.71. The molecule has 2 amide bonds. The van der Waals surface area contributed by atoms with Crippen LogP contribution in [0.5, 0.6) is 5.75 Å². The molecule has 1 saturated heterocycles. The Balaban J connectivity index is 1.70. The topological polar surface area (TPSA) is 143 Å². The van der Waals surface area contributed by atoms with E-state index in [2.05, 4.69) is 5.32 Å². The van der Waals surface area contributed by atoms with Crippen molar-refractivity contribution in [3.05, 3.63) is 53.8 Å². The van der Waals surface area contributed by atoms with Gasteiger partial charge in [0.15, 0.2) is 12.6 Å². The van der Waals surface area contributed by atoms with Gasteiger partial charge in [0.1, 0.15) is 17.2 Å². The maximum atomic E-state index is 12.5. The first-order chi connectivity index (χ1) is 13.4. The van der Waals surface area contributed by atoms with Crippen molar-refractivity contribution in [3.8, 4) is 11.8 Å². The number of nitriles is 1. The Morgan fingerprint density at radius 2 is 2.14 bits per heavy atom. The number of β-lactam (4-membered cyclic amide) rings is 1. The fourth-order valence-corrected chi connectivity index (χ4v) is 4.59. The molecule has 0 bridgehead atoms. The lowest BCUT2D eigenvalue weighted by Crippen LogP contribution is -2.75. The molecule has 2 unspecified atom stereocenters. The Morgan fingerprint density at radius 3 is 2.79 bits per heavy atom. The monoisotopic (exact) mass is 401 g/mol. The normalized spacial score (nSPS) is 23.6. The first kappa shape index (κ1) is 19.5. The standard InChI is InChI=1S/C18H15N3O6S/c19-8-4-5-11-10-28(26)17-14(16(23)21(17)15(11)18(24)25)20-13(22)9-27-12-6-2-1-3-7-12/h1-7,14,17H,9-10H2,(H,20,22)(H,24,25)/t14?,17-,28?/m0/s1. The van der Waals surface area contributed by atoms with Crippen LogP contribution >= 0.6 is 0 Å². The summed E-state index contributed by atoms with van der Waals surface area (Å²) >= 11 is -1.64. The summed E-state index contributed by atoms with van der Waals surface area (Å²) in [5.41, 5.74) is -0.207. The highest BCUT2D eigenvalue weighted by atomic mass is 32.2. The van der Waals surface area contributed by atoms with Gasteiger partial charge in [-0.25, -0.2) is 4.79 Å². The number of carboxylic acid groups (broad SMARTS) is 1. The fraction of sp³-hybridized carbons (Fsp3) is 0.222. The molecule has 0 radical (unpaired) electrons. The minimum Gasteiger partial charge on any atom is -0.614 e. The van der Waals surface area contributed by atoms with Crippen LogP contribution in [0.4, 0.5) is 0 Å². The first-order valence-electron chi connectivity index (χ1n) is 8.14. The van der Waals surface area contributed by atoms with Gasteiger partial charge in [0.05, 0.1) is 6.07 Å². The molecule has 0 aliphatic carbocycles. The van der Waals surface area contributed by atoms with E-state index in [0.29, 0.717) is 5.75 Å². The van der Waals surface area contributed by atoms with Crippen molar-refractivity contribution in [3.63, 3.8) is 0 Å². The zero-order valence-electron chi connectivity index (χ0n) is 14.4. The summed E-state index contributed by atoms with van der Waals surface area (Å²) in [6.45, 7) is -0.342. The van der Waals surface area contributed by atoms with Crippen molar-refractivity contribution in [1.29, 1.82) is 5.26 Å². The van der Waals surface area contributed by atoms with Crippen LogP contribution in [-0.4, -0.2) is 56.1 Å². The van der Waals surface area contributed by atoms with Crippen molar-refractivity contribution in [2.75, 3.05) is 12.4 Å². The zero-order chi connectivity index (χ0) is 20.3. The van der Waals surface area contributed by atoms with Crippen LogP contribution in [0.2, 0.25) is 0 Å². The molecule has 2 aliphatic rings. The summed E-state index contributed by atoms with van der Waals surface area (Å²) in [4.78, 5) is 37.0. The number of benzene rings is 1. The Hall–Kier alpha value is -3.29. The van der Waals surface area contributed by atoms with Gasteiger partial charge in [-0.15, -0.1) is 0 Å². The van der Waals surface area contributed by atoms with Crippen molar-refractivity contribution in [1.82, 2.24) is 10.2 Å². The molecule has 0 saturated carbocycles. The molecule has 2 heterocycles. The molecule has 144 valence electrons. The lowest BCUT2D eigenvalue weighted by molar-refractivity contribution is -0.151. The number of para-hydroxylation sites is 1. The molecule has 1 aromatic carbocycles. The van der Waals surface area contributed by atoms with Crippen LogP contribution < -0.4 is 10.1 Å². The molecular weight excluding hydrogens is 386 g/mol. The fourth-order valence-electron chi connectivity index (χ4n) is 2.95. The number of carbonyl (C=O) groups is 3. The van der Waals surface area contributed by atoms with E-state index < -0.39 is 40.4 Å². The maximum absolute atomic E-state index is 12.5. The van der Waals surface area contributed by atoms with E-state index >= 15 is 0 Å². The lowest BCUT2D eigenvalue weighted by atomic mass is 10.0. The van der Waals surface area contributed by atoms with Gasteiger partial charge >= 0.3 is 5.97 Å². The Labute approximate surface area is 163 Å². The van der Waals surface area contributed by atoms with E-state index in [0.717, 1.165) is 11.0 Å². The van der Waals surface area contributed by atoms with Crippen LogP contribution in [0.25, 0.3) is 0 Å². The van der Waals surface area contributed by atoms with E-state index in [4.69, 9.17) is 10.00 Å². The summed E-state index contributed by atoms with van der Waals surface area (Å²) in [5.74, 6) is -2.29. The molecule has 0 spiro atoms. The van der Waals surface area contributed by atoms with Gasteiger partial charge in [-0.2, -0.15) is 5.26 Å². The minimum absolute atomic E-state index is 0.120. The summed E-state index contributed by atoms with van der Waals surface area (Å²) in [6, 6.07) is 9.24.